The Morgan fingerprint density at radius 3 is 2.07 bits per heavy atom. The molecule has 0 heterocycles. The van der Waals surface area contributed by atoms with E-state index in [2.05, 4.69) is 0 Å². The summed E-state index contributed by atoms with van der Waals surface area (Å²) in [6.45, 7) is 3.84. The van der Waals surface area contributed by atoms with Gasteiger partial charge in [-0.3, -0.25) is 0 Å². The molecule has 3 nitrogen and oxygen atoms in total. The molecule has 0 aliphatic heterocycles. The third-order valence-corrected chi connectivity index (χ3v) is 7.38. The number of aryl methyl sites for hydroxylation is 1. The van der Waals surface area contributed by atoms with Gasteiger partial charge in [0.1, 0.15) is 0 Å². The summed E-state index contributed by atoms with van der Waals surface area (Å²) in [7, 11) is -3.76. The van der Waals surface area contributed by atoms with E-state index in [0.29, 0.717) is 10.5 Å². The Hall–Kier alpha value is -2.34. The van der Waals surface area contributed by atoms with Crippen LogP contribution in [-0.2, 0) is 21.0 Å². The highest BCUT2D eigenvalue weighted by Crippen LogP contribution is 2.30. The molecule has 0 fully saturated rings. The first-order valence-corrected chi connectivity index (χ1v) is 11.5. The van der Waals surface area contributed by atoms with Crippen molar-refractivity contribution >= 4 is 25.9 Å². The Morgan fingerprint density at radius 2 is 1.50 bits per heavy atom. The lowest BCUT2D eigenvalue weighted by Gasteiger charge is -2.14. The van der Waals surface area contributed by atoms with Gasteiger partial charge in [0.2, 0.25) is 9.84 Å². The lowest BCUT2D eigenvalue weighted by molar-refractivity contribution is 0.601. The minimum Gasteiger partial charge on any atom is -0.606 e. The number of hydrogen-bond acceptors (Lipinski definition) is 3. The van der Waals surface area contributed by atoms with Crippen LogP contribution in [0, 0.1) is 13.3 Å². The van der Waals surface area contributed by atoms with E-state index in [4.69, 9.17) is 0 Å². The van der Waals surface area contributed by atoms with E-state index in [0.717, 1.165) is 16.5 Å². The van der Waals surface area contributed by atoms with Gasteiger partial charge in [0, 0.05) is 16.7 Å². The normalized spacial score (nSPS) is 13.3. The molecule has 3 aromatic rings. The third-order valence-electron chi connectivity index (χ3n) is 4.30. The standard InChI is InChI=1S/C23H21O3S2/c1-3-19-11-15-22(16-12-19)28(25,26)17-23(20-7-5-4-6-8-20)27(24)21-13-9-18(2)10-14-21/h3-17H,1-2H3/b23-17+. The zero-order chi connectivity index (χ0) is 20.1. The zero-order valence-electron chi connectivity index (χ0n) is 15.7. The number of sulfone groups is 1. The maximum Gasteiger partial charge on any atom is 0.204 e. The zero-order valence-corrected chi connectivity index (χ0v) is 17.3. The minimum absolute atomic E-state index is 0.174. The van der Waals surface area contributed by atoms with Crippen molar-refractivity contribution in [2.24, 2.45) is 0 Å². The van der Waals surface area contributed by atoms with Crippen molar-refractivity contribution in [2.75, 3.05) is 0 Å². The molecule has 0 aliphatic rings. The van der Waals surface area contributed by atoms with Gasteiger partial charge in [-0.2, -0.15) is 0 Å². The lowest BCUT2D eigenvalue weighted by atomic mass is 10.2. The molecule has 143 valence electrons. The van der Waals surface area contributed by atoms with Crippen molar-refractivity contribution in [1.29, 1.82) is 0 Å². The molecule has 0 saturated heterocycles. The monoisotopic (exact) mass is 409 g/mol. The number of rotatable bonds is 6. The van der Waals surface area contributed by atoms with Gasteiger partial charge < -0.3 is 4.55 Å². The van der Waals surface area contributed by atoms with Gasteiger partial charge in [-0.1, -0.05) is 55.0 Å². The van der Waals surface area contributed by atoms with Crippen LogP contribution in [0.15, 0.2) is 94.1 Å². The molecule has 1 radical (unpaired) electrons. The minimum atomic E-state index is -3.76. The molecule has 0 spiro atoms. The fourth-order valence-corrected chi connectivity index (χ4v) is 5.46. The van der Waals surface area contributed by atoms with E-state index in [1.807, 2.05) is 38.5 Å². The Morgan fingerprint density at radius 1 is 0.893 bits per heavy atom. The Balaban J connectivity index is 2.08. The fraction of sp³-hybridized carbons (Fsp3) is 0.0870. The smallest absolute Gasteiger partial charge is 0.204 e. The topological polar surface area (TPSA) is 57.2 Å². The van der Waals surface area contributed by atoms with Crippen LogP contribution in [0.3, 0.4) is 0 Å². The van der Waals surface area contributed by atoms with Crippen LogP contribution in [0.25, 0.3) is 4.91 Å². The van der Waals surface area contributed by atoms with Crippen LogP contribution in [0.4, 0.5) is 0 Å². The van der Waals surface area contributed by atoms with Crippen molar-refractivity contribution in [3.8, 4) is 0 Å². The molecule has 5 heteroatoms. The first-order valence-electron chi connectivity index (χ1n) is 8.81. The van der Waals surface area contributed by atoms with Gasteiger partial charge in [0.25, 0.3) is 0 Å². The lowest BCUT2D eigenvalue weighted by Crippen LogP contribution is -2.08. The van der Waals surface area contributed by atoms with E-state index < -0.39 is 21.0 Å². The van der Waals surface area contributed by atoms with E-state index in [1.165, 1.54) is 0 Å². The largest absolute Gasteiger partial charge is 0.606 e. The summed E-state index contributed by atoms with van der Waals surface area (Å²) in [4.78, 5) is 0.995. The van der Waals surface area contributed by atoms with Crippen molar-refractivity contribution in [3.05, 3.63) is 107 Å². The van der Waals surface area contributed by atoms with Gasteiger partial charge in [0.15, 0.2) is 9.80 Å². The molecule has 28 heavy (non-hydrogen) atoms. The van der Waals surface area contributed by atoms with Crippen LogP contribution in [0.1, 0.15) is 23.6 Å². The first-order chi connectivity index (χ1) is 13.4. The van der Waals surface area contributed by atoms with E-state index in [-0.39, 0.29) is 9.80 Å². The summed E-state index contributed by atoms with van der Waals surface area (Å²) in [6, 6.07) is 22.9. The molecule has 0 saturated carbocycles. The van der Waals surface area contributed by atoms with Crippen molar-refractivity contribution in [1.82, 2.24) is 0 Å². The SMILES string of the molecule is C[CH]c1ccc(S(=O)(=O)/C=C(\c2ccccc2)[S+]([O-])c2ccc(C)cc2)cc1. The maximum atomic E-state index is 13.2. The summed E-state index contributed by atoms with van der Waals surface area (Å²) in [5.41, 5.74) is 2.60. The van der Waals surface area contributed by atoms with Crippen LogP contribution in [0.5, 0.6) is 0 Å². The van der Waals surface area contributed by atoms with E-state index in [1.54, 1.807) is 60.7 Å². The first kappa shape index (κ1) is 20.4. The van der Waals surface area contributed by atoms with E-state index >= 15 is 0 Å². The Bertz CT molecular complexity index is 1050. The van der Waals surface area contributed by atoms with Crippen molar-refractivity contribution in [2.45, 2.75) is 23.6 Å². The second kappa shape index (κ2) is 8.78. The quantitative estimate of drug-likeness (QED) is 0.529. The second-order valence-corrected chi connectivity index (χ2v) is 9.58. The highest BCUT2D eigenvalue weighted by atomic mass is 32.2. The highest BCUT2D eigenvalue weighted by molar-refractivity contribution is 8.02. The molecule has 0 N–H and O–H groups in total. The summed E-state index contributed by atoms with van der Waals surface area (Å²) in [6.07, 6.45) is 1.90. The predicted octanol–water partition coefficient (Wildman–Crippen LogP) is 5.15. The Labute approximate surface area is 169 Å². The molecule has 0 bridgehead atoms. The summed E-state index contributed by atoms with van der Waals surface area (Å²) in [5.74, 6) is 0. The third kappa shape index (κ3) is 4.73. The number of hydrogen-bond donors (Lipinski definition) is 0. The Kier molecular flexibility index (Phi) is 6.39. The molecule has 0 aromatic heterocycles. The fourth-order valence-electron chi connectivity index (χ4n) is 2.67. The van der Waals surface area contributed by atoms with Gasteiger partial charge in [0.05, 0.1) is 10.3 Å². The summed E-state index contributed by atoms with van der Waals surface area (Å²) < 4.78 is 39.2. The van der Waals surface area contributed by atoms with Crippen LogP contribution < -0.4 is 0 Å². The van der Waals surface area contributed by atoms with E-state index in [9.17, 15) is 13.0 Å². The second-order valence-electron chi connectivity index (χ2n) is 6.33. The van der Waals surface area contributed by atoms with Crippen molar-refractivity contribution in [3.63, 3.8) is 0 Å². The average Bonchev–Trinajstić information content (AvgIpc) is 2.73. The van der Waals surface area contributed by atoms with Crippen molar-refractivity contribution < 1.29 is 13.0 Å². The summed E-state index contributed by atoms with van der Waals surface area (Å²) >= 11 is -1.63. The molecule has 1 atom stereocenters. The van der Waals surface area contributed by atoms with Gasteiger partial charge in [-0.05, 0) is 55.3 Å². The molecule has 3 aromatic carbocycles. The maximum absolute atomic E-state index is 13.2. The molecule has 3 rings (SSSR count). The summed E-state index contributed by atoms with van der Waals surface area (Å²) in [5, 5.41) is 1.13. The molecular weight excluding hydrogens is 388 g/mol. The molecular formula is C23H21O3S2. The predicted molar refractivity (Wildman–Crippen MR) is 115 cm³/mol. The van der Waals surface area contributed by atoms with Gasteiger partial charge in [-0.25, -0.2) is 8.42 Å². The molecule has 0 amide bonds. The molecule has 0 aliphatic carbocycles. The van der Waals surface area contributed by atoms with Crippen LogP contribution in [-0.4, -0.2) is 13.0 Å². The highest BCUT2D eigenvalue weighted by Gasteiger charge is 2.24. The van der Waals surface area contributed by atoms with Gasteiger partial charge in [-0.15, -0.1) is 0 Å². The van der Waals surface area contributed by atoms with Crippen LogP contribution in [0.2, 0.25) is 0 Å². The van der Waals surface area contributed by atoms with Gasteiger partial charge >= 0.3 is 0 Å². The average molecular weight is 410 g/mol. The number of benzene rings is 3. The molecule has 1 unspecified atom stereocenters. The van der Waals surface area contributed by atoms with Crippen LogP contribution >= 0.6 is 0 Å².